The lowest BCUT2D eigenvalue weighted by atomic mass is 10.2. The number of hydrogen-bond acceptors (Lipinski definition) is 4. The molecule has 0 atom stereocenters. The maximum absolute atomic E-state index is 10.4. The van der Waals surface area contributed by atoms with Crippen molar-refractivity contribution in [2.24, 2.45) is 10.7 Å². The number of amides is 1. The second-order valence-electron chi connectivity index (χ2n) is 2.83. The largest absolute Gasteiger partial charge is 0.504 e. The van der Waals surface area contributed by atoms with E-state index in [2.05, 4.69) is 4.99 Å². The molecule has 15 heavy (non-hydrogen) atoms. The van der Waals surface area contributed by atoms with Crippen LogP contribution in [0.1, 0.15) is 5.56 Å². The summed E-state index contributed by atoms with van der Waals surface area (Å²) in [5, 5.41) is 9.62. The summed E-state index contributed by atoms with van der Waals surface area (Å²) in [5.41, 5.74) is 5.39. The second kappa shape index (κ2) is 4.99. The Labute approximate surface area is 87.2 Å². The fourth-order valence-electron chi connectivity index (χ4n) is 1.04. The number of hydrogen-bond donors (Lipinski definition) is 2. The summed E-state index contributed by atoms with van der Waals surface area (Å²) < 4.78 is 4.91. The predicted octanol–water partition coefficient (Wildman–Crippen LogP) is 0.305. The Morgan fingerprint density at radius 1 is 1.67 bits per heavy atom. The fraction of sp³-hybridized carbons (Fsp3) is 0.200. The van der Waals surface area contributed by atoms with E-state index in [9.17, 15) is 9.90 Å². The van der Waals surface area contributed by atoms with Crippen LogP contribution in [0.2, 0.25) is 0 Å². The first-order chi connectivity index (χ1) is 7.15. The van der Waals surface area contributed by atoms with Gasteiger partial charge in [-0.05, 0) is 12.1 Å². The number of para-hydroxylation sites is 1. The average Bonchev–Trinajstić information content (AvgIpc) is 2.20. The SMILES string of the molecule is COc1cccc(C=NCC(N)=O)c1O. The van der Waals surface area contributed by atoms with Gasteiger partial charge >= 0.3 is 0 Å². The molecule has 0 spiro atoms. The summed E-state index contributed by atoms with van der Waals surface area (Å²) in [5.74, 6) is -0.167. The highest BCUT2D eigenvalue weighted by molar-refractivity contribution is 5.87. The van der Waals surface area contributed by atoms with Gasteiger partial charge in [-0.15, -0.1) is 0 Å². The molecule has 1 aromatic carbocycles. The number of nitrogens with zero attached hydrogens (tertiary/aromatic N) is 1. The number of methoxy groups -OCH3 is 1. The van der Waals surface area contributed by atoms with Gasteiger partial charge in [-0.3, -0.25) is 9.79 Å². The summed E-state index contributed by atoms with van der Waals surface area (Å²) in [4.78, 5) is 14.2. The van der Waals surface area contributed by atoms with Crippen LogP contribution in [0.25, 0.3) is 0 Å². The van der Waals surface area contributed by atoms with Gasteiger partial charge in [-0.2, -0.15) is 0 Å². The lowest BCUT2D eigenvalue weighted by Gasteiger charge is -2.04. The first-order valence-corrected chi connectivity index (χ1v) is 4.29. The molecule has 0 bridgehead atoms. The van der Waals surface area contributed by atoms with E-state index in [1.165, 1.54) is 13.3 Å². The molecule has 5 heteroatoms. The molecular weight excluding hydrogens is 196 g/mol. The lowest BCUT2D eigenvalue weighted by Crippen LogP contribution is -2.14. The van der Waals surface area contributed by atoms with E-state index in [0.29, 0.717) is 11.3 Å². The number of carbonyl (C=O) groups is 1. The number of primary amides is 1. The molecule has 0 radical (unpaired) electrons. The molecule has 5 nitrogen and oxygen atoms in total. The van der Waals surface area contributed by atoms with Gasteiger partial charge < -0.3 is 15.6 Å². The third kappa shape index (κ3) is 2.98. The molecular formula is C10H12N2O3. The summed E-state index contributed by atoms with van der Waals surface area (Å²) in [6.07, 6.45) is 1.38. The molecule has 0 aliphatic carbocycles. The molecule has 0 aliphatic rings. The molecule has 80 valence electrons. The van der Waals surface area contributed by atoms with E-state index in [-0.39, 0.29) is 12.3 Å². The number of nitrogens with two attached hydrogens (primary N) is 1. The van der Waals surface area contributed by atoms with Gasteiger partial charge in [0.25, 0.3) is 0 Å². The molecule has 3 N–H and O–H groups in total. The average molecular weight is 208 g/mol. The third-order valence-corrected chi connectivity index (χ3v) is 1.73. The minimum absolute atomic E-state index is 0.00628. The lowest BCUT2D eigenvalue weighted by molar-refractivity contribution is -0.116. The van der Waals surface area contributed by atoms with Crippen LogP contribution in [-0.2, 0) is 4.79 Å². The summed E-state index contributed by atoms with van der Waals surface area (Å²) in [7, 11) is 1.46. The standard InChI is InChI=1S/C10H12N2O3/c1-15-8-4-2-3-7(10(8)14)5-12-6-9(11)13/h2-5,14H,6H2,1H3,(H2,11,13). The van der Waals surface area contributed by atoms with Crippen LogP contribution in [0.5, 0.6) is 11.5 Å². The van der Waals surface area contributed by atoms with Gasteiger partial charge in [0.05, 0.1) is 7.11 Å². The maximum Gasteiger partial charge on any atom is 0.239 e. The van der Waals surface area contributed by atoms with Crippen molar-refractivity contribution in [1.82, 2.24) is 0 Å². The minimum atomic E-state index is -0.520. The van der Waals surface area contributed by atoms with E-state index < -0.39 is 5.91 Å². The van der Waals surface area contributed by atoms with Crippen molar-refractivity contribution in [2.75, 3.05) is 13.7 Å². The fourth-order valence-corrected chi connectivity index (χ4v) is 1.04. The van der Waals surface area contributed by atoms with Crippen molar-refractivity contribution in [1.29, 1.82) is 0 Å². The van der Waals surface area contributed by atoms with Crippen molar-refractivity contribution >= 4 is 12.1 Å². The highest BCUT2D eigenvalue weighted by Gasteiger charge is 2.04. The molecule has 1 rings (SSSR count). The maximum atomic E-state index is 10.4. The molecule has 0 aromatic heterocycles. The number of phenolic OH excluding ortho intramolecular Hbond substituents is 1. The Morgan fingerprint density at radius 3 is 3.00 bits per heavy atom. The van der Waals surface area contributed by atoms with E-state index >= 15 is 0 Å². The van der Waals surface area contributed by atoms with E-state index in [1.807, 2.05) is 0 Å². The number of ether oxygens (including phenoxy) is 1. The summed E-state index contributed by atoms with van der Waals surface area (Å²) in [6, 6.07) is 4.99. The van der Waals surface area contributed by atoms with Crippen molar-refractivity contribution in [2.45, 2.75) is 0 Å². The van der Waals surface area contributed by atoms with Crippen molar-refractivity contribution in [3.8, 4) is 11.5 Å². The van der Waals surface area contributed by atoms with Gasteiger partial charge in [0.1, 0.15) is 6.54 Å². The molecule has 0 saturated heterocycles. The van der Waals surface area contributed by atoms with Crippen LogP contribution >= 0.6 is 0 Å². The van der Waals surface area contributed by atoms with Gasteiger partial charge in [0.2, 0.25) is 5.91 Å². The number of benzene rings is 1. The van der Waals surface area contributed by atoms with Crippen molar-refractivity contribution < 1.29 is 14.6 Å². The van der Waals surface area contributed by atoms with Crippen LogP contribution in [0.15, 0.2) is 23.2 Å². The van der Waals surface area contributed by atoms with Crippen LogP contribution in [0.3, 0.4) is 0 Å². The molecule has 0 aliphatic heterocycles. The first kappa shape index (κ1) is 11.0. The van der Waals surface area contributed by atoms with Crippen LogP contribution < -0.4 is 10.5 Å². The monoisotopic (exact) mass is 208 g/mol. The number of phenols is 1. The summed E-state index contributed by atoms with van der Waals surface area (Å²) >= 11 is 0. The third-order valence-electron chi connectivity index (χ3n) is 1.73. The molecule has 1 aromatic rings. The predicted molar refractivity (Wildman–Crippen MR) is 56.3 cm³/mol. The quantitative estimate of drug-likeness (QED) is 0.698. The van der Waals surface area contributed by atoms with Crippen molar-refractivity contribution in [3.63, 3.8) is 0 Å². The molecule has 1 amide bonds. The Balaban J connectivity index is 2.85. The number of carbonyl (C=O) groups excluding carboxylic acids is 1. The van der Waals surface area contributed by atoms with Crippen LogP contribution in [0, 0.1) is 0 Å². The normalized spacial score (nSPS) is 10.5. The highest BCUT2D eigenvalue weighted by Crippen LogP contribution is 2.27. The van der Waals surface area contributed by atoms with E-state index in [4.69, 9.17) is 10.5 Å². The topological polar surface area (TPSA) is 84.9 Å². The zero-order chi connectivity index (χ0) is 11.3. The zero-order valence-corrected chi connectivity index (χ0v) is 8.30. The van der Waals surface area contributed by atoms with Gasteiger partial charge in [0, 0.05) is 11.8 Å². The molecule has 0 unspecified atom stereocenters. The minimum Gasteiger partial charge on any atom is -0.504 e. The highest BCUT2D eigenvalue weighted by atomic mass is 16.5. The van der Waals surface area contributed by atoms with Crippen molar-refractivity contribution in [3.05, 3.63) is 23.8 Å². The number of rotatable bonds is 4. The van der Waals surface area contributed by atoms with E-state index in [1.54, 1.807) is 18.2 Å². The second-order valence-corrected chi connectivity index (χ2v) is 2.83. The Hall–Kier alpha value is -2.04. The Morgan fingerprint density at radius 2 is 2.40 bits per heavy atom. The Kier molecular flexibility index (Phi) is 3.68. The van der Waals surface area contributed by atoms with Gasteiger partial charge in [0.15, 0.2) is 11.5 Å². The first-order valence-electron chi connectivity index (χ1n) is 4.29. The van der Waals surface area contributed by atoms with E-state index in [0.717, 1.165) is 0 Å². The number of aromatic hydroxyl groups is 1. The van der Waals surface area contributed by atoms with Gasteiger partial charge in [-0.1, -0.05) is 6.07 Å². The Bertz CT molecular complexity index is 388. The zero-order valence-electron chi connectivity index (χ0n) is 8.30. The summed E-state index contributed by atoms with van der Waals surface area (Å²) in [6.45, 7) is -0.101. The molecule has 0 saturated carbocycles. The van der Waals surface area contributed by atoms with Gasteiger partial charge in [-0.25, -0.2) is 0 Å². The van der Waals surface area contributed by atoms with Crippen LogP contribution in [-0.4, -0.2) is 30.9 Å². The smallest absolute Gasteiger partial charge is 0.239 e. The molecule has 0 heterocycles. The molecule has 0 fully saturated rings. The van der Waals surface area contributed by atoms with Crippen LogP contribution in [0.4, 0.5) is 0 Å². The number of aliphatic imine (C=N–C) groups is 1.